The number of benzene rings is 2. The van der Waals surface area contributed by atoms with E-state index in [4.69, 9.17) is 9.29 Å². The molecular weight excluding hydrogens is 516 g/mol. The smallest absolute Gasteiger partial charge is 0.409 e. The fraction of sp³-hybridized carbons (Fsp3) is 0.320. The van der Waals surface area contributed by atoms with E-state index in [2.05, 4.69) is 10.3 Å². The van der Waals surface area contributed by atoms with E-state index in [1.165, 1.54) is 42.5 Å². The van der Waals surface area contributed by atoms with Gasteiger partial charge in [0.2, 0.25) is 5.91 Å². The van der Waals surface area contributed by atoms with Crippen molar-refractivity contribution in [3.8, 4) is 0 Å². The highest BCUT2D eigenvalue weighted by Gasteiger charge is 2.30. The maximum absolute atomic E-state index is 13.6. The number of aryl methyl sites for hydroxylation is 1. The van der Waals surface area contributed by atoms with Crippen LogP contribution in [0, 0.1) is 0 Å². The van der Waals surface area contributed by atoms with E-state index in [-0.39, 0.29) is 11.6 Å². The molecule has 0 aliphatic rings. The second-order valence-corrected chi connectivity index (χ2v) is 10.6. The number of nitrogens with one attached hydrogen (secondary N) is 2. The number of amides is 2. The van der Waals surface area contributed by atoms with Gasteiger partial charge in [0.1, 0.15) is 11.0 Å². The van der Waals surface area contributed by atoms with Crippen molar-refractivity contribution in [2.45, 2.75) is 38.3 Å². The predicted octanol–water partition coefficient (Wildman–Crippen LogP) is 3.63. The van der Waals surface area contributed by atoms with Crippen LogP contribution in [0.3, 0.4) is 0 Å². The Morgan fingerprint density at radius 2 is 1.73 bits per heavy atom. The summed E-state index contributed by atoms with van der Waals surface area (Å²) in [4.78, 5) is 32.7. The first-order chi connectivity index (χ1) is 17.6. The van der Waals surface area contributed by atoms with E-state index in [1.807, 2.05) is 42.0 Å². The van der Waals surface area contributed by atoms with Crippen molar-refractivity contribution < 1.29 is 27.3 Å². The normalized spacial score (nSPS) is 12.9. The Balaban J connectivity index is 1.86. The third-order valence-corrected chi connectivity index (χ3v) is 7.43. The molecule has 198 valence electrons. The number of rotatable bonds is 11. The van der Waals surface area contributed by atoms with Gasteiger partial charge < -0.3 is 10.1 Å². The third-order valence-electron chi connectivity index (χ3n) is 5.68. The van der Waals surface area contributed by atoms with E-state index < -0.39 is 28.5 Å². The lowest BCUT2D eigenvalue weighted by molar-refractivity contribution is -0.126. The molecule has 0 spiro atoms. The van der Waals surface area contributed by atoms with Crippen molar-refractivity contribution in [3.05, 3.63) is 81.8 Å². The molecule has 0 radical (unpaired) electrons. The lowest BCUT2D eigenvalue weighted by Gasteiger charge is -2.28. The standard InChI is InChI=1S/C25H30N4O6S2/c1-4-20-16-26-24(36-20)21(14-18-10-12-19(13-11-18)28-37(32,33)34)27-23(30)22(29(2)25(31)35-3)15-17-8-6-5-7-9-17/h5-13,16,21-22,28H,4,14-15H2,1-3H3,(H,27,30)(H,32,33,34). The van der Waals surface area contributed by atoms with Crippen LogP contribution in [-0.2, 0) is 39.1 Å². The minimum atomic E-state index is -4.38. The molecular formula is C25H30N4O6S2. The van der Waals surface area contributed by atoms with Gasteiger partial charge in [-0.1, -0.05) is 49.4 Å². The number of aromatic nitrogens is 1. The molecule has 10 nitrogen and oxygen atoms in total. The highest BCUT2D eigenvalue weighted by molar-refractivity contribution is 7.87. The number of thiazole rings is 1. The monoisotopic (exact) mass is 546 g/mol. The average molecular weight is 547 g/mol. The molecule has 2 unspecified atom stereocenters. The summed E-state index contributed by atoms with van der Waals surface area (Å²) in [5.41, 5.74) is 1.90. The quantitative estimate of drug-likeness (QED) is 0.312. The lowest BCUT2D eigenvalue weighted by Crippen LogP contribution is -2.50. The van der Waals surface area contributed by atoms with Crippen LogP contribution in [0.1, 0.15) is 34.0 Å². The summed E-state index contributed by atoms with van der Waals surface area (Å²) in [5, 5.41) is 3.77. The molecule has 2 amide bonds. The highest BCUT2D eigenvalue weighted by atomic mass is 32.2. The topological polar surface area (TPSA) is 138 Å². The Morgan fingerprint density at radius 1 is 1.08 bits per heavy atom. The van der Waals surface area contributed by atoms with Crippen LogP contribution in [0.25, 0.3) is 0 Å². The Labute approximate surface area is 220 Å². The number of ether oxygens (including phenoxy) is 1. The molecule has 2 aromatic carbocycles. The van der Waals surface area contributed by atoms with Crippen molar-refractivity contribution in [2.24, 2.45) is 0 Å². The fourth-order valence-electron chi connectivity index (χ4n) is 3.72. The van der Waals surface area contributed by atoms with Crippen molar-refractivity contribution in [2.75, 3.05) is 18.9 Å². The first-order valence-corrected chi connectivity index (χ1v) is 13.8. The van der Waals surface area contributed by atoms with Crippen molar-refractivity contribution >= 4 is 39.3 Å². The summed E-state index contributed by atoms with van der Waals surface area (Å²) in [6.07, 6.45) is 2.61. The van der Waals surface area contributed by atoms with Gasteiger partial charge in [-0.25, -0.2) is 9.78 Å². The molecule has 0 bridgehead atoms. The number of hydrogen-bond donors (Lipinski definition) is 3. The Bertz CT molecular complexity index is 1300. The first kappa shape index (κ1) is 28.1. The summed E-state index contributed by atoms with van der Waals surface area (Å²) in [6, 6.07) is 14.5. The number of anilines is 1. The molecule has 37 heavy (non-hydrogen) atoms. The largest absolute Gasteiger partial charge is 0.453 e. The molecule has 3 aromatic rings. The van der Waals surface area contributed by atoms with Gasteiger partial charge in [0.15, 0.2) is 0 Å². The molecule has 12 heteroatoms. The van der Waals surface area contributed by atoms with E-state index in [0.29, 0.717) is 17.8 Å². The Kier molecular flexibility index (Phi) is 9.61. The van der Waals surface area contributed by atoms with Crippen LogP contribution >= 0.6 is 11.3 Å². The summed E-state index contributed by atoms with van der Waals surface area (Å²) in [5.74, 6) is -0.361. The SMILES string of the molecule is CCc1cnc(C(Cc2ccc(NS(=O)(=O)O)cc2)NC(=O)C(Cc2ccccc2)N(C)C(=O)OC)s1. The average Bonchev–Trinajstić information content (AvgIpc) is 3.36. The first-order valence-electron chi connectivity index (χ1n) is 11.5. The zero-order valence-electron chi connectivity index (χ0n) is 20.7. The molecule has 3 N–H and O–H groups in total. The highest BCUT2D eigenvalue weighted by Crippen LogP contribution is 2.25. The number of hydrogen-bond acceptors (Lipinski definition) is 7. The van der Waals surface area contributed by atoms with E-state index >= 15 is 0 Å². The molecule has 1 aromatic heterocycles. The summed E-state index contributed by atoms with van der Waals surface area (Å²) in [6.45, 7) is 2.02. The number of nitrogens with zero attached hydrogens (tertiary/aromatic N) is 2. The lowest BCUT2D eigenvalue weighted by atomic mass is 10.0. The van der Waals surface area contributed by atoms with Gasteiger partial charge in [-0.2, -0.15) is 8.42 Å². The van der Waals surface area contributed by atoms with Gasteiger partial charge in [-0.15, -0.1) is 11.3 Å². The molecule has 0 aliphatic carbocycles. The van der Waals surface area contributed by atoms with Crippen LogP contribution in [-0.4, -0.2) is 55.1 Å². The molecule has 0 fully saturated rings. The van der Waals surface area contributed by atoms with Gasteiger partial charge in [-0.3, -0.25) is 19.0 Å². The number of likely N-dealkylation sites (N-methyl/N-ethyl adjacent to an activating group) is 1. The summed E-state index contributed by atoms with van der Waals surface area (Å²) < 4.78 is 38.0. The van der Waals surface area contributed by atoms with E-state index in [9.17, 15) is 18.0 Å². The molecule has 1 heterocycles. The van der Waals surface area contributed by atoms with Crippen LogP contribution in [0.15, 0.2) is 60.8 Å². The Hall–Kier alpha value is -3.48. The van der Waals surface area contributed by atoms with Gasteiger partial charge in [0.25, 0.3) is 0 Å². The molecule has 0 saturated heterocycles. The van der Waals surface area contributed by atoms with Gasteiger partial charge >= 0.3 is 16.4 Å². The molecule has 0 saturated carbocycles. The predicted molar refractivity (Wildman–Crippen MR) is 142 cm³/mol. The maximum atomic E-state index is 13.6. The maximum Gasteiger partial charge on any atom is 0.409 e. The molecule has 2 atom stereocenters. The zero-order chi connectivity index (χ0) is 27.0. The van der Waals surface area contributed by atoms with Gasteiger partial charge in [0, 0.05) is 24.5 Å². The number of carbonyl (C=O) groups excluding carboxylic acids is 2. The number of methoxy groups -OCH3 is 1. The second kappa shape index (κ2) is 12.7. The van der Waals surface area contributed by atoms with Crippen molar-refractivity contribution in [3.63, 3.8) is 0 Å². The van der Waals surface area contributed by atoms with Crippen LogP contribution < -0.4 is 10.0 Å². The fourth-order valence-corrected chi connectivity index (χ4v) is 5.07. The summed E-state index contributed by atoms with van der Waals surface area (Å²) in [7, 11) is -1.60. The molecule has 3 rings (SSSR count). The van der Waals surface area contributed by atoms with Gasteiger partial charge in [0.05, 0.1) is 18.8 Å². The van der Waals surface area contributed by atoms with E-state index in [0.717, 1.165) is 22.4 Å². The zero-order valence-corrected chi connectivity index (χ0v) is 22.4. The van der Waals surface area contributed by atoms with Crippen LogP contribution in [0.2, 0.25) is 0 Å². The minimum Gasteiger partial charge on any atom is -0.453 e. The van der Waals surface area contributed by atoms with Crippen molar-refractivity contribution in [1.29, 1.82) is 0 Å². The van der Waals surface area contributed by atoms with E-state index in [1.54, 1.807) is 18.3 Å². The summed E-state index contributed by atoms with van der Waals surface area (Å²) >= 11 is 1.49. The third kappa shape index (κ3) is 8.27. The minimum absolute atomic E-state index is 0.206. The Morgan fingerprint density at radius 3 is 2.30 bits per heavy atom. The van der Waals surface area contributed by atoms with Gasteiger partial charge in [-0.05, 0) is 36.1 Å². The second-order valence-electron chi connectivity index (χ2n) is 8.34. The van der Waals surface area contributed by atoms with Crippen LogP contribution in [0.4, 0.5) is 10.5 Å². The molecule has 0 aliphatic heterocycles. The van der Waals surface area contributed by atoms with Crippen LogP contribution in [0.5, 0.6) is 0 Å². The number of carbonyl (C=O) groups is 2. The van der Waals surface area contributed by atoms with Crippen molar-refractivity contribution in [1.82, 2.24) is 15.2 Å².